The van der Waals surface area contributed by atoms with Crippen LogP contribution in [-0.4, -0.2) is 74.5 Å². The summed E-state index contributed by atoms with van der Waals surface area (Å²) in [6, 6.07) is 1.17. The highest BCUT2D eigenvalue weighted by Gasteiger charge is 2.60. The van der Waals surface area contributed by atoms with Crippen molar-refractivity contribution in [3.63, 3.8) is 0 Å². The van der Waals surface area contributed by atoms with E-state index in [-0.39, 0.29) is 24.0 Å². The predicted octanol–water partition coefficient (Wildman–Crippen LogP) is -0.243. The maximum Gasteiger partial charge on any atom is 0.377 e. The normalized spacial score (nSPS) is 25.6. The molecule has 1 saturated carbocycles. The average Bonchev–Trinajstić information content (AvgIpc) is 2.75. The van der Waals surface area contributed by atoms with Gasteiger partial charge in [0.05, 0.1) is 11.1 Å². The van der Waals surface area contributed by atoms with Crippen LogP contribution in [0.5, 0.6) is 5.75 Å². The summed E-state index contributed by atoms with van der Waals surface area (Å²) in [5.41, 5.74) is 0.793. The molecule has 184 valence electrons. The second kappa shape index (κ2) is 7.67. The Morgan fingerprint density at radius 1 is 1.11 bits per heavy atom. The predicted molar refractivity (Wildman–Crippen MR) is 118 cm³/mol. The molecular formula is C23H22N2O10. The molecule has 1 fully saturated rings. The van der Waals surface area contributed by atoms with Gasteiger partial charge < -0.3 is 36.2 Å². The van der Waals surface area contributed by atoms with E-state index in [4.69, 9.17) is 10.8 Å². The van der Waals surface area contributed by atoms with E-state index in [9.17, 15) is 44.4 Å². The number of carbonyl (C=O) groups excluding carboxylic acids is 4. The summed E-state index contributed by atoms with van der Waals surface area (Å²) < 4.78 is 0. The number of hydrogen-bond acceptors (Lipinski definition) is 10. The van der Waals surface area contributed by atoms with Gasteiger partial charge >= 0.3 is 5.97 Å². The number of anilines is 1. The number of benzene rings is 1. The number of hydrogen-bond donors (Lipinski definition) is 6. The van der Waals surface area contributed by atoms with Crippen molar-refractivity contribution in [2.24, 2.45) is 17.6 Å². The molecule has 3 aliphatic rings. The Kier molecular flexibility index (Phi) is 5.25. The molecule has 0 spiro atoms. The van der Waals surface area contributed by atoms with E-state index in [0.717, 1.165) is 0 Å². The largest absolute Gasteiger partial charge is 0.508 e. The molecule has 7 N–H and O–H groups in total. The van der Waals surface area contributed by atoms with Gasteiger partial charge in [-0.1, -0.05) is 0 Å². The van der Waals surface area contributed by atoms with Crippen LogP contribution in [0.1, 0.15) is 34.3 Å². The molecule has 3 aliphatic carbocycles. The van der Waals surface area contributed by atoms with Crippen LogP contribution in [0.4, 0.5) is 5.69 Å². The van der Waals surface area contributed by atoms with Gasteiger partial charge in [0, 0.05) is 37.7 Å². The second-order valence-corrected chi connectivity index (χ2v) is 9.08. The maximum absolute atomic E-state index is 13.5. The summed E-state index contributed by atoms with van der Waals surface area (Å²) in [4.78, 5) is 62.6. The number of fused-ring (bicyclic) bond motifs is 3. The number of carboxylic acids is 1. The van der Waals surface area contributed by atoms with Crippen LogP contribution in [-0.2, 0) is 25.6 Å². The fourth-order valence-corrected chi connectivity index (χ4v) is 5.36. The topological polar surface area (TPSA) is 216 Å². The van der Waals surface area contributed by atoms with E-state index >= 15 is 0 Å². The number of nitrogens with zero attached hydrogens (tertiary/aromatic N) is 1. The van der Waals surface area contributed by atoms with Gasteiger partial charge in [0.2, 0.25) is 5.78 Å². The highest BCUT2D eigenvalue weighted by atomic mass is 16.4. The highest BCUT2D eigenvalue weighted by Crippen LogP contribution is 2.53. The molecule has 1 aromatic rings. The van der Waals surface area contributed by atoms with Crippen molar-refractivity contribution >= 4 is 40.7 Å². The van der Waals surface area contributed by atoms with Crippen molar-refractivity contribution in [3.8, 4) is 5.75 Å². The Morgan fingerprint density at radius 2 is 1.74 bits per heavy atom. The van der Waals surface area contributed by atoms with Gasteiger partial charge in [-0.3, -0.25) is 19.2 Å². The number of phenolic OH excluding ortho intramolecular Hbond substituents is 1. The SMILES string of the molecule is CN(C)c1cc(C(=O)C(=O)O)c(O)c2c1CC1CC3CC(=O)C(C(N)=O)=C(O)[C@@]3(O)C(=O)C1=C2O. The summed E-state index contributed by atoms with van der Waals surface area (Å²) in [5.74, 6) is -11.4. The number of carbonyl (C=O) groups is 5. The molecule has 0 heterocycles. The van der Waals surface area contributed by atoms with Crippen molar-refractivity contribution in [1.29, 1.82) is 0 Å². The Morgan fingerprint density at radius 3 is 2.29 bits per heavy atom. The lowest BCUT2D eigenvalue weighted by Gasteiger charge is -2.46. The Bertz CT molecular complexity index is 1320. The van der Waals surface area contributed by atoms with Gasteiger partial charge in [-0.2, -0.15) is 0 Å². The third-order valence-corrected chi connectivity index (χ3v) is 6.96. The lowest BCUT2D eigenvalue weighted by molar-refractivity contribution is -0.147. The summed E-state index contributed by atoms with van der Waals surface area (Å²) in [6.07, 6.45) is -0.469. The molecule has 1 aromatic carbocycles. The van der Waals surface area contributed by atoms with E-state index in [1.54, 1.807) is 14.1 Å². The van der Waals surface area contributed by atoms with Gasteiger partial charge in [0.25, 0.3) is 11.7 Å². The number of aliphatic hydroxyl groups is 3. The number of phenols is 1. The second-order valence-electron chi connectivity index (χ2n) is 9.08. The minimum absolute atomic E-state index is 0.0248. The lowest BCUT2D eigenvalue weighted by atomic mass is 9.59. The molecule has 4 rings (SSSR count). The summed E-state index contributed by atoms with van der Waals surface area (Å²) in [6.45, 7) is 0. The molecule has 0 aliphatic heterocycles. The molecule has 3 atom stereocenters. The number of aliphatic hydroxyl groups excluding tert-OH is 2. The Hall–Kier alpha value is -4.19. The molecule has 12 nitrogen and oxygen atoms in total. The molecule has 12 heteroatoms. The number of ketones is 3. The van der Waals surface area contributed by atoms with Gasteiger partial charge in [0.1, 0.15) is 22.8 Å². The van der Waals surface area contributed by atoms with Gasteiger partial charge in [-0.15, -0.1) is 0 Å². The highest BCUT2D eigenvalue weighted by molar-refractivity contribution is 6.41. The van der Waals surface area contributed by atoms with Crippen molar-refractivity contribution < 1.29 is 49.5 Å². The smallest absolute Gasteiger partial charge is 0.377 e. The quantitative estimate of drug-likeness (QED) is 0.185. The first-order chi connectivity index (χ1) is 16.2. The van der Waals surface area contributed by atoms with E-state index < -0.39 is 81.5 Å². The third-order valence-electron chi connectivity index (χ3n) is 6.96. The summed E-state index contributed by atoms with van der Waals surface area (Å²) >= 11 is 0. The zero-order valence-corrected chi connectivity index (χ0v) is 18.7. The van der Waals surface area contributed by atoms with Crippen LogP contribution >= 0.6 is 0 Å². The van der Waals surface area contributed by atoms with Crippen LogP contribution < -0.4 is 10.6 Å². The van der Waals surface area contributed by atoms with Gasteiger partial charge in [0.15, 0.2) is 11.4 Å². The molecule has 0 saturated heterocycles. The number of aromatic hydroxyl groups is 1. The lowest BCUT2D eigenvalue weighted by Crippen LogP contribution is -2.58. The van der Waals surface area contributed by atoms with Crippen LogP contribution in [0.25, 0.3) is 5.76 Å². The van der Waals surface area contributed by atoms with Crippen molar-refractivity contribution in [2.75, 3.05) is 19.0 Å². The molecular weight excluding hydrogens is 464 g/mol. The third kappa shape index (κ3) is 3.13. The summed E-state index contributed by atoms with van der Waals surface area (Å²) in [5, 5.41) is 52.8. The van der Waals surface area contributed by atoms with Gasteiger partial charge in [-0.25, -0.2) is 4.79 Å². The minimum atomic E-state index is -2.72. The van der Waals surface area contributed by atoms with E-state index in [1.165, 1.54) is 11.0 Å². The van der Waals surface area contributed by atoms with E-state index in [1.807, 2.05) is 0 Å². The van der Waals surface area contributed by atoms with Crippen LogP contribution in [0.15, 0.2) is 23.0 Å². The number of Topliss-reactive ketones (excluding diaryl/α,β-unsaturated/α-hetero) is 3. The standard InChI is InChI=1S/C23H22N2O10/c1-25(2)11-6-10(17(28)22(33)34)16(27)14-9(11)4-7-3-8-5-12(26)15(21(24)32)20(31)23(8,35)19(30)13(7)18(14)29/h6-8,27,29,31,35H,3-5H2,1-2H3,(H2,24,32)(H,33,34)/t7?,8?,23-/m0/s1. The minimum Gasteiger partial charge on any atom is -0.508 e. The first-order valence-corrected chi connectivity index (χ1v) is 10.5. The zero-order chi connectivity index (χ0) is 26.1. The number of aliphatic carboxylic acids is 1. The van der Waals surface area contributed by atoms with Crippen LogP contribution in [0, 0.1) is 11.8 Å². The molecule has 1 amide bonds. The molecule has 35 heavy (non-hydrogen) atoms. The number of carboxylic acid groups (broad SMARTS) is 1. The number of primary amides is 1. The monoisotopic (exact) mass is 486 g/mol. The van der Waals surface area contributed by atoms with Gasteiger partial charge in [-0.05, 0) is 30.4 Å². The molecule has 0 aromatic heterocycles. The maximum atomic E-state index is 13.5. The average molecular weight is 486 g/mol. The fourth-order valence-electron chi connectivity index (χ4n) is 5.36. The summed E-state index contributed by atoms with van der Waals surface area (Å²) in [7, 11) is 3.19. The van der Waals surface area contributed by atoms with Crippen LogP contribution in [0.2, 0.25) is 0 Å². The van der Waals surface area contributed by atoms with Crippen LogP contribution in [0.3, 0.4) is 0 Å². The number of rotatable bonds is 4. The van der Waals surface area contributed by atoms with E-state index in [2.05, 4.69) is 0 Å². The molecule has 0 radical (unpaired) electrons. The first-order valence-electron chi connectivity index (χ1n) is 10.5. The van der Waals surface area contributed by atoms with Crippen molar-refractivity contribution in [1.82, 2.24) is 0 Å². The van der Waals surface area contributed by atoms with Crippen molar-refractivity contribution in [2.45, 2.75) is 24.9 Å². The number of nitrogens with two attached hydrogens (primary N) is 1. The Balaban J connectivity index is 1.99. The number of amides is 1. The van der Waals surface area contributed by atoms with Crippen molar-refractivity contribution in [3.05, 3.63) is 39.7 Å². The zero-order valence-electron chi connectivity index (χ0n) is 18.7. The Labute approximate surface area is 197 Å². The fraction of sp³-hybridized carbons (Fsp3) is 0.348. The molecule has 0 bridgehead atoms. The first kappa shape index (κ1) is 24.0. The van der Waals surface area contributed by atoms with E-state index in [0.29, 0.717) is 11.3 Å². The molecule has 2 unspecified atom stereocenters.